The maximum absolute atomic E-state index is 12.6. The number of carbonyl (C=O) groups excluding carboxylic acids is 2. The molecule has 0 radical (unpaired) electrons. The van der Waals surface area contributed by atoms with E-state index in [1.807, 2.05) is 4.90 Å². The first kappa shape index (κ1) is 15.3. The minimum atomic E-state index is -0.231. The maximum Gasteiger partial charge on any atom is 0.226 e. The van der Waals surface area contributed by atoms with Crippen LogP contribution in [0.3, 0.4) is 0 Å². The Labute approximate surface area is 121 Å². The van der Waals surface area contributed by atoms with E-state index in [4.69, 9.17) is 11.5 Å². The molecule has 2 amide bonds. The average molecular weight is 281 g/mol. The van der Waals surface area contributed by atoms with E-state index in [9.17, 15) is 9.59 Å². The van der Waals surface area contributed by atoms with Gasteiger partial charge >= 0.3 is 0 Å². The molecule has 4 N–H and O–H groups in total. The number of hydrogen-bond donors (Lipinski definition) is 2. The lowest BCUT2D eigenvalue weighted by molar-refractivity contribution is -0.139. The number of likely N-dealkylation sites (tertiary alicyclic amines) is 1. The summed E-state index contributed by atoms with van der Waals surface area (Å²) in [5.74, 6) is 0.900. The fraction of sp³-hybridized carbons (Fsp3) is 0.867. The minimum absolute atomic E-state index is 0.126. The zero-order valence-corrected chi connectivity index (χ0v) is 12.2. The molecule has 2 fully saturated rings. The van der Waals surface area contributed by atoms with E-state index in [1.54, 1.807) is 0 Å². The van der Waals surface area contributed by atoms with Crippen molar-refractivity contribution < 1.29 is 9.59 Å². The van der Waals surface area contributed by atoms with Crippen molar-refractivity contribution in [2.45, 2.75) is 44.9 Å². The van der Waals surface area contributed by atoms with Crippen molar-refractivity contribution in [3.8, 4) is 0 Å². The summed E-state index contributed by atoms with van der Waals surface area (Å²) in [5, 5.41) is 0. The van der Waals surface area contributed by atoms with E-state index in [1.165, 1.54) is 6.42 Å². The summed E-state index contributed by atoms with van der Waals surface area (Å²) in [5.41, 5.74) is 11.1. The molecule has 0 aromatic carbocycles. The third-order valence-electron chi connectivity index (χ3n) is 4.95. The van der Waals surface area contributed by atoms with Crippen LogP contribution >= 0.6 is 0 Å². The molecule has 1 heterocycles. The van der Waals surface area contributed by atoms with Crippen LogP contribution in [0, 0.1) is 17.8 Å². The van der Waals surface area contributed by atoms with E-state index in [0.29, 0.717) is 24.8 Å². The van der Waals surface area contributed by atoms with Crippen LogP contribution in [0.25, 0.3) is 0 Å². The number of amides is 2. The van der Waals surface area contributed by atoms with Gasteiger partial charge in [-0.15, -0.1) is 0 Å². The second-order valence-electron chi connectivity index (χ2n) is 6.33. The highest BCUT2D eigenvalue weighted by Crippen LogP contribution is 2.32. The Balaban J connectivity index is 1.86. The molecule has 0 spiro atoms. The summed E-state index contributed by atoms with van der Waals surface area (Å²) in [4.78, 5) is 25.6. The number of rotatable bonds is 4. The number of piperidine rings is 1. The van der Waals surface area contributed by atoms with Crippen LogP contribution in [0.1, 0.15) is 44.9 Å². The first-order chi connectivity index (χ1) is 9.61. The third kappa shape index (κ3) is 3.72. The number of nitrogens with two attached hydrogens (primary N) is 2. The summed E-state index contributed by atoms with van der Waals surface area (Å²) in [6, 6.07) is 0. The van der Waals surface area contributed by atoms with Crippen molar-refractivity contribution >= 4 is 11.8 Å². The van der Waals surface area contributed by atoms with Gasteiger partial charge in [0.15, 0.2) is 0 Å². The molecule has 1 saturated heterocycles. The first-order valence-electron chi connectivity index (χ1n) is 7.89. The Morgan fingerprint density at radius 3 is 2.30 bits per heavy atom. The predicted molar refractivity (Wildman–Crippen MR) is 77.6 cm³/mol. The molecule has 2 rings (SSSR count). The minimum Gasteiger partial charge on any atom is -0.370 e. The van der Waals surface area contributed by atoms with Crippen LogP contribution in [0.5, 0.6) is 0 Å². The van der Waals surface area contributed by atoms with E-state index in [2.05, 4.69) is 0 Å². The summed E-state index contributed by atoms with van der Waals surface area (Å²) in [6.07, 6.45) is 6.67. The van der Waals surface area contributed by atoms with Gasteiger partial charge in [-0.05, 0) is 44.1 Å². The summed E-state index contributed by atoms with van der Waals surface area (Å²) in [7, 11) is 0. The zero-order valence-electron chi connectivity index (χ0n) is 12.2. The van der Waals surface area contributed by atoms with Crippen LogP contribution < -0.4 is 11.5 Å². The topological polar surface area (TPSA) is 89.4 Å². The number of carbonyl (C=O) groups is 2. The monoisotopic (exact) mass is 281 g/mol. The Morgan fingerprint density at radius 2 is 1.70 bits per heavy atom. The van der Waals surface area contributed by atoms with Crippen molar-refractivity contribution in [1.29, 1.82) is 0 Å². The van der Waals surface area contributed by atoms with Crippen molar-refractivity contribution in [2.75, 3.05) is 19.6 Å². The fourth-order valence-electron chi connectivity index (χ4n) is 3.69. The van der Waals surface area contributed by atoms with Crippen LogP contribution in [-0.4, -0.2) is 36.3 Å². The van der Waals surface area contributed by atoms with Gasteiger partial charge in [0, 0.05) is 25.4 Å². The molecule has 20 heavy (non-hydrogen) atoms. The molecule has 2 atom stereocenters. The van der Waals surface area contributed by atoms with E-state index in [-0.39, 0.29) is 17.7 Å². The molecule has 5 heteroatoms. The Hall–Kier alpha value is -1.10. The normalized spacial score (nSPS) is 28.4. The maximum atomic E-state index is 12.6. The van der Waals surface area contributed by atoms with Gasteiger partial charge < -0.3 is 16.4 Å². The molecule has 5 nitrogen and oxygen atoms in total. The second-order valence-corrected chi connectivity index (χ2v) is 6.33. The lowest BCUT2D eigenvalue weighted by Crippen LogP contribution is -2.46. The fourth-order valence-corrected chi connectivity index (χ4v) is 3.69. The number of nitrogens with zero attached hydrogens (tertiary/aromatic N) is 1. The van der Waals surface area contributed by atoms with Gasteiger partial charge in [-0.1, -0.05) is 12.8 Å². The largest absolute Gasteiger partial charge is 0.370 e. The molecule has 0 aromatic rings. The van der Waals surface area contributed by atoms with Gasteiger partial charge in [0.1, 0.15) is 0 Å². The number of primary amides is 1. The lowest BCUT2D eigenvalue weighted by atomic mass is 9.78. The van der Waals surface area contributed by atoms with Crippen LogP contribution in [0.15, 0.2) is 0 Å². The molecule has 1 aliphatic carbocycles. The Morgan fingerprint density at radius 1 is 1.05 bits per heavy atom. The van der Waals surface area contributed by atoms with E-state index in [0.717, 1.165) is 45.2 Å². The smallest absolute Gasteiger partial charge is 0.226 e. The van der Waals surface area contributed by atoms with Gasteiger partial charge in [-0.25, -0.2) is 0 Å². The molecule has 0 aromatic heterocycles. The summed E-state index contributed by atoms with van der Waals surface area (Å²) >= 11 is 0. The highest BCUT2D eigenvalue weighted by atomic mass is 16.2. The molecule has 2 unspecified atom stereocenters. The molecule has 1 aliphatic heterocycles. The third-order valence-corrected chi connectivity index (χ3v) is 4.95. The van der Waals surface area contributed by atoms with Crippen molar-refractivity contribution in [3.63, 3.8) is 0 Å². The molecular formula is C15H27N3O2. The zero-order chi connectivity index (χ0) is 14.5. The average Bonchev–Trinajstić information content (AvgIpc) is 2.46. The van der Waals surface area contributed by atoms with Crippen molar-refractivity contribution in [1.82, 2.24) is 4.90 Å². The SMILES string of the molecule is NCC1CCCCC1C(=O)N1CCC(CC(N)=O)CC1. The van der Waals surface area contributed by atoms with Gasteiger partial charge in [-0.2, -0.15) is 0 Å². The van der Waals surface area contributed by atoms with Crippen LogP contribution in [0.2, 0.25) is 0 Å². The van der Waals surface area contributed by atoms with Crippen molar-refractivity contribution in [3.05, 3.63) is 0 Å². The molecule has 2 aliphatic rings. The van der Waals surface area contributed by atoms with Gasteiger partial charge in [0.05, 0.1) is 0 Å². The van der Waals surface area contributed by atoms with E-state index >= 15 is 0 Å². The predicted octanol–water partition coefficient (Wildman–Crippen LogP) is 0.866. The second kappa shape index (κ2) is 7.07. The van der Waals surface area contributed by atoms with Crippen LogP contribution in [-0.2, 0) is 9.59 Å². The number of hydrogen-bond acceptors (Lipinski definition) is 3. The molecule has 1 saturated carbocycles. The summed E-state index contributed by atoms with van der Waals surface area (Å²) < 4.78 is 0. The van der Waals surface area contributed by atoms with Gasteiger partial charge in [-0.3, -0.25) is 9.59 Å². The van der Waals surface area contributed by atoms with Gasteiger partial charge in [0.2, 0.25) is 11.8 Å². The molecule has 0 bridgehead atoms. The highest BCUT2D eigenvalue weighted by molar-refractivity contribution is 5.79. The molecular weight excluding hydrogens is 254 g/mol. The quantitative estimate of drug-likeness (QED) is 0.801. The first-order valence-corrected chi connectivity index (χ1v) is 7.89. The van der Waals surface area contributed by atoms with Crippen LogP contribution in [0.4, 0.5) is 0 Å². The van der Waals surface area contributed by atoms with E-state index < -0.39 is 0 Å². The lowest BCUT2D eigenvalue weighted by Gasteiger charge is -2.37. The highest BCUT2D eigenvalue weighted by Gasteiger charge is 2.34. The standard InChI is InChI=1S/C15H27N3O2/c16-10-12-3-1-2-4-13(12)15(20)18-7-5-11(6-8-18)9-14(17)19/h11-13H,1-10,16H2,(H2,17,19). The van der Waals surface area contributed by atoms with Gasteiger partial charge in [0.25, 0.3) is 0 Å². The molecule has 114 valence electrons. The Kier molecular flexibility index (Phi) is 5.40. The van der Waals surface area contributed by atoms with Crippen molar-refractivity contribution in [2.24, 2.45) is 29.2 Å². The Bertz CT molecular complexity index is 351. The summed E-state index contributed by atoms with van der Waals surface area (Å²) in [6.45, 7) is 2.16.